The van der Waals surface area contributed by atoms with Gasteiger partial charge in [0, 0.05) is 24.7 Å². The molecular weight excluding hydrogens is 521 g/mol. The third-order valence-electron chi connectivity index (χ3n) is 5.38. The summed E-state index contributed by atoms with van der Waals surface area (Å²) in [5.74, 6) is -2.06. The number of nitrogens with zero attached hydrogens (tertiary/aromatic N) is 5. The Hall–Kier alpha value is -3.94. The second kappa shape index (κ2) is 9.50. The molecule has 0 unspecified atom stereocenters. The molecule has 0 saturated heterocycles. The van der Waals surface area contributed by atoms with Crippen molar-refractivity contribution in [2.75, 3.05) is 5.75 Å². The van der Waals surface area contributed by atoms with Crippen LogP contribution in [0, 0.1) is 11.6 Å². The van der Waals surface area contributed by atoms with Crippen LogP contribution in [0.3, 0.4) is 0 Å². The largest absolute Gasteiger partial charge is 0.433 e. The SMILES string of the molecule is CCS(=O)(=O)c1cc(O/N=C(\C)c2cc(F)cc(F)c2)cnc1-c1nc2cc(C(F)(F)F)ncc2n1C. The molecule has 1 aromatic carbocycles. The number of oxime groups is 1. The first-order chi connectivity index (χ1) is 17.3. The number of fused-ring (bicyclic) bond motifs is 1. The normalized spacial score (nSPS) is 12.8. The zero-order valence-electron chi connectivity index (χ0n) is 19.5. The van der Waals surface area contributed by atoms with Crippen molar-refractivity contribution < 1.29 is 35.2 Å². The van der Waals surface area contributed by atoms with Gasteiger partial charge in [-0.05, 0) is 25.1 Å². The standard InChI is InChI=1S/C23H18F5N5O3S/c1-4-37(34,35)19-8-16(36-32-12(2)13-5-14(24)7-15(25)6-13)10-30-21(19)22-31-17-9-20(23(26,27)28)29-11-18(17)33(22)3/h5-11H,4H2,1-3H3/b32-12+. The van der Waals surface area contributed by atoms with Crippen LogP contribution in [0.15, 0.2) is 52.8 Å². The molecule has 14 heteroatoms. The van der Waals surface area contributed by atoms with E-state index in [0.717, 1.165) is 36.7 Å². The van der Waals surface area contributed by atoms with Gasteiger partial charge in [0.2, 0.25) is 0 Å². The second-order valence-corrected chi connectivity index (χ2v) is 10.1. The quantitative estimate of drug-likeness (QED) is 0.196. The van der Waals surface area contributed by atoms with Crippen molar-refractivity contribution in [3.8, 4) is 17.3 Å². The minimum Gasteiger partial charge on any atom is -0.355 e. The maximum Gasteiger partial charge on any atom is 0.433 e. The summed E-state index contributed by atoms with van der Waals surface area (Å²) >= 11 is 0. The van der Waals surface area contributed by atoms with E-state index < -0.39 is 33.3 Å². The van der Waals surface area contributed by atoms with Gasteiger partial charge >= 0.3 is 6.18 Å². The highest BCUT2D eigenvalue weighted by atomic mass is 32.2. The minimum atomic E-state index is -4.68. The van der Waals surface area contributed by atoms with Crippen molar-refractivity contribution in [3.05, 3.63) is 65.6 Å². The predicted octanol–water partition coefficient (Wildman–Crippen LogP) is 4.92. The molecule has 0 spiro atoms. The topological polar surface area (TPSA) is 99.3 Å². The Morgan fingerprint density at radius 1 is 1.05 bits per heavy atom. The summed E-state index contributed by atoms with van der Waals surface area (Å²) in [6.45, 7) is 2.84. The summed E-state index contributed by atoms with van der Waals surface area (Å²) < 4.78 is 93.4. The van der Waals surface area contributed by atoms with Crippen LogP contribution in [0.1, 0.15) is 25.1 Å². The lowest BCUT2D eigenvalue weighted by atomic mass is 10.1. The number of sulfone groups is 1. The Kier molecular flexibility index (Phi) is 6.71. The summed E-state index contributed by atoms with van der Waals surface area (Å²) in [4.78, 5) is 16.7. The number of pyridine rings is 2. The predicted molar refractivity (Wildman–Crippen MR) is 124 cm³/mol. The monoisotopic (exact) mass is 539 g/mol. The van der Waals surface area contributed by atoms with Crippen LogP contribution in [0.4, 0.5) is 22.0 Å². The number of aromatic nitrogens is 4. The van der Waals surface area contributed by atoms with Crippen LogP contribution in [-0.2, 0) is 23.1 Å². The van der Waals surface area contributed by atoms with Crippen LogP contribution < -0.4 is 4.84 Å². The molecule has 4 rings (SSSR count). The van der Waals surface area contributed by atoms with Crippen molar-refractivity contribution in [3.63, 3.8) is 0 Å². The van der Waals surface area contributed by atoms with E-state index in [1.165, 1.54) is 25.5 Å². The highest BCUT2D eigenvalue weighted by Gasteiger charge is 2.33. The first-order valence-electron chi connectivity index (χ1n) is 10.6. The fourth-order valence-electron chi connectivity index (χ4n) is 3.43. The van der Waals surface area contributed by atoms with E-state index >= 15 is 0 Å². The lowest BCUT2D eigenvalue weighted by Crippen LogP contribution is -2.09. The number of alkyl halides is 3. The van der Waals surface area contributed by atoms with Crippen molar-refractivity contribution in [2.24, 2.45) is 12.2 Å². The Morgan fingerprint density at radius 3 is 2.35 bits per heavy atom. The number of hydrogen-bond acceptors (Lipinski definition) is 7. The molecule has 194 valence electrons. The van der Waals surface area contributed by atoms with Gasteiger partial charge in [0.15, 0.2) is 21.4 Å². The van der Waals surface area contributed by atoms with Crippen LogP contribution in [-0.4, -0.2) is 39.4 Å². The molecule has 4 aromatic rings. The number of imidazole rings is 1. The van der Waals surface area contributed by atoms with Crippen LogP contribution in [0.25, 0.3) is 22.6 Å². The first-order valence-corrected chi connectivity index (χ1v) is 12.3. The van der Waals surface area contributed by atoms with Gasteiger partial charge in [-0.15, -0.1) is 0 Å². The van der Waals surface area contributed by atoms with E-state index in [1.54, 1.807) is 0 Å². The number of halogens is 5. The smallest absolute Gasteiger partial charge is 0.355 e. The molecule has 0 radical (unpaired) electrons. The van der Waals surface area contributed by atoms with E-state index in [0.29, 0.717) is 6.07 Å². The molecule has 0 saturated carbocycles. The van der Waals surface area contributed by atoms with Gasteiger partial charge < -0.3 is 9.40 Å². The lowest BCUT2D eigenvalue weighted by molar-refractivity contribution is -0.141. The van der Waals surface area contributed by atoms with Gasteiger partial charge in [0.05, 0.1) is 34.9 Å². The zero-order valence-corrected chi connectivity index (χ0v) is 20.3. The maximum atomic E-state index is 13.5. The fourth-order valence-corrected chi connectivity index (χ4v) is 4.47. The molecule has 3 aromatic heterocycles. The number of benzene rings is 1. The van der Waals surface area contributed by atoms with Gasteiger partial charge in [-0.1, -0.05) is 12.1 Å². The number of rotatable bonds is 6. The molecule has 0 atom stereocenters. The molecule has 8 nitrogen and oxygen atoms in total. The number of hydrogen-bond donors (Lipinski definition) is 0. The summed E-state index contributed by atoms with van der Waals surface area (Å²) in [7, 11) is -2.44. The summed E-state index contributed by atoms with van der Waals surface area (Å²) in [5, 5.41) is 3.80. The molecule has 0 fully saturated rings. The van der Waals surface area contributed by atoms with Crippen LogP contribution in [0.2, 0.25) is 0 Å². The minimum absolute atomic E-state index is 0.00961. The molecule has 0 N–H and O–H groups in total. The van der Waals surface area contributed by atoms with Crippen LogP contribution >= 0.6 is 0 Å². The second-order valence-electron chi connectivity index (χ2n) is 7.90. The fraction of sp³-hybridized carbons (Fsp3) is 0.217. The molecular formula is C23H18F5N5O3S. The number of aryl methyl sites for hydroxylation is 1. The van der Waals surface area contributed by atoms with E-state index in [4.69, 9.17) is 4.84 Å². The molecule has 0 amide bonds. The Labute approximate surface area is 207 Å². The zero-order chi connectivity index (χ0) is 27.1. The van der Waals surface area contributed by atoms with E-state index in [2.05, 4.69) is 20.1 Å². The highest BCUT2D eigenvalue weighted by Crippen LogP contribution is 2.33. The average molecular weight is 539 g/mol. The van der Waals surface area contributed by atoms with Gasteiger partial charge in [0.1, 0.15) is 27.9 Å². The van der Waals surface area contributed by atoms with Crippen molar-refractivity contribution >= 4 is 26.6 Å². The Balaban J connectivity index is 1.78. The van der Waals surface area contributed by atoms with Crippen molar-refractivity contribution in [1.29, 1.82) is 0 Å². The van der Waals surface area contributed by atoms with Crippen molar-refractivity contribution in [1.82, 2.24) is 19.5 Å². The molecule has 37 heavy (non-hydrogen) atoms. The summed E-state index contributed by atoms with van der Waals surface area (Å²) in [5.41, 5.74) is -0.874. The van der Waals surface area contributed by atoms with Gasteiger partial charge in [-0.2, -0.15) is 13.2 Å². The molecule has 0 bridgehead atoms. The van der Waals surface area contributed by atoms with E-state index in [9.17, 15) is 30.4 Å². The third kappa shape index (κ3) is 5.28. The van der Waals surface area contributed by atoms with E-state index in [-0.39, 0.29) is 50.2 Å². The average Bonchev–Trinajstić information content (AvgIpc) is 3.16. The van der Waals surface area contributed by atoms with E-state index in [1.807, 2.05) is 0 Å². The molecule has 0 aliphatic heterocycles. The first kappa shape index (κ1) is 26.1. The summed E-state index contributed by atoms with van der Waals surface area (Å²) in [6, 6.07) is 4.69. The summed E-state index contributed by atoms with van der Waals surface area (Å²) in [6.07, 6.45) is -2.55. The molecule has 0 aliphatic rings. The van der Waals surface area contributed by atoms with Crippen LogP contribution in [0.5, 0.6) is 5.75 Å². The Bertz CT molecular complexity index is 1630. The molecule has 3 heterocycles. The van der Waals surface area contributed by atoms with Crippen molar-refractivity contribution in [2.45, 2.75) is 24.9 Å². The highest BCUT2D eigenvalue weighted by molar-refractivity contribution is 7.91. The third-order valence-corrected chi connectivity index (χ3v) is 7.12. The molecule has 0 aliphatic carbocycles. The maximum absolute atomic E-state index is 13.5. The van der Waals surface area contributed by atoms with Gasteiger partial charge in [-0.3, -0.25) is 0 Å². The Morgan fingerprint density at radius 2 is 1.73 bits per heavy atom. The lowest BCUT2D eigenvalue weighted by Gasteiger charge is -2.10. The van der Waals surface area contributed by atoms with Gasteiger partial charge in [0.25, 0.3) is 0 Å². The van der Waals surface area contributed by atoms with Gasteiger partial charge in [-0.25, -0.2) is 32.2 Å².